The van der Waals surface area contributed by atoms with Crippen LogP contribution in [0, 0.1) is 0 Å². The Bertz CT molecular complexity index is 1020. The van der Waals surface area contributed by atoms with Crippen LogP contribution in [-0.2, 0) is 22.4 Å². The average molecular weight is 385 g/mol. The van der Waals surface area contributed by atoms with Crippen LogP contribution in [0.2, 0.25) is 0 Å². The first-order valence-corrected chi connectivity index (χ1v) is 9.67. The fourth-order valence-electron chi connectivity index (χ4n) is 3.08. The van der Waals surface area contributed by atoms with Crippen LogP contribution in [0.5, 0.6) is 0 Å². The van der Waals surface area contributed by atoms with E-state index in [4.69, 9.17) is 4.74 Å². The van der Waals surface area contributed by atoms with E-state index >= 15 is 0 Å². The molecular weight excluding hydrogens is 366 g/mol. The maximum Gasteiger partial charge on any atom is 0.255 e. The van der Waals surface area contributed by atoms with Crippen LogP contribution in [0.25, 0.3) is 16.5 Å². The van der Waals surface area contributed by atoms with E-state index in [2.05, 4.69) is 20.4 Å². The van der Waals surface area contributed by atoms with Crippen LogP contribution < -0.4 is 10.9 Å². The van der Waals surface area contributed by atoms with Crippen LogP contribution in [0.1, 0.15) is 24.6 Å². The highest BCUT2D eigenvalue weighted by Gasteiger charge is 2.21. The molecule has 9 heteroatoms. The van der Waals surface area contributed by atoms with Crippen LogP contribution >= 0.6 is 11.3 Å². The van der Waals surface area contributed by atoms with Crippen molar-refractivity contribution < 1.29 is 9.53 Å². The zero-order valence-electron chi connectivity index (χ0n) is 14.8. The second kappa shape index (κ2) is 7.45. The summed E-state index contributed by atoms with van der Waals surface area (Å²) in [4.78, 5) is 32.8. The normalized spacial score (nSPS) is 12.9. The van der Waals surface area contributed by atoms with Gasteiger partial charge in [0.1, 0.15) is 18.1 Å². The number of amides is 1. The Morgan fingerprint density at radius 1 is 1.44 bits per heavy atom. The summed E-state index contributed by atoms with van der Waals surface area (Å²) in [5, 5.41) is 9.31. The Kier molecular flexibility index (Phi) is 4.87. The van der Waals surface area contributed by atoms with Gasteiger partial charge in [0, 0.05) is 18.2 Å². The molecule has 1 aliphatic carbocycles. The fourth-order valence-corrected chi connectivity index (χ4v) is 3.76. The van der Waals surface area contributed by atoms with Crippen molar-refractivity contribution in [2.24, 2.45) is 0 Å². The lowest BCUT2D eigenvalue weighted by atomic mass is 10.3. The van der Waals surface area contributed by atoms with E-state index in [0.717, 1.165) is 35.4 Å². The minimum atomic E-state index is -0.292. The van der Waals surface area contributed by atoms with Gasteiger partial charge in [-0.15, -0.1) is 11.3 Å². The summed E-state index contributed by atoms with van der Waals surface area (Å²) in [6.07, 6.45) is 2.44. The molecule has 0 spiro atoms. The number of hydrogen-bond acceptors (Lipinski definition) is 6. The number of hydrogen-bond donors (Lipinski definition) is 2. The third-order valence-corrected chi connectivity index (χ3v) is 5.21. The molecule has 0 unspecified atom stereocenters. The first-order chi connectivity index (χ1) is 13.2. The van der Waals surface area contributed by atoms with Gasteiger partial charge in [-0.05, 0) is 37.6 Å². The summed E-state index contributed by atoms with van der Waals surface area (Å²) in [6, 6.07) is 5.65. The molecule has 0 saturated carbocycles. The summed E-state index contributed by atoms with van der Waals surface area (Å²) in [7, 11) is 0. The number of carbonyl (C=O) groups is 1. The van der Waals surface area contributed by atoms with E-state index in [1.807, 2.05) is 24.4 Å². The summed E-state index contributed by atoms with van der Waals surface area (Å²) in [5.74, 6) is 0.443. The van der Waals surface area contributed by atoms with E-state index in [1.54, 1.807) is 17.4 Å². The van der Waals surface area contributed by atoms with Gasteiger partial charge in [0.05, 0.1) is 10.6 Å². The quantitative estimate of drug-likeness (QED) is 0.677. The molecule has 3 aromatic heterocycles. The zero-order valence-corrected chi connectivity index (χ0v) is 15.6. The lowest BCUT2D eigenvalue weighted by Crippen LogP contribution is -2.23. The maximum absolute atomic E-state index is 12.4. The summed E-state index contributed by atoms with van der Waals surface area (Å²) < 4.78 is 6.63. The number of thiophene rings is 1. The summed E-state index contributed by atoms with van der Waals surface area (Å²) >= 11 is 1.54. The number of ether oxygens (including phenoxy) is 1. The van der Waals surface area contributed by atoms with E-state index < -0.39 is 0 Å². The first-order valence-electron chi connectivity index (χ1n) is 8.79. The van der Waals surface area contributed by atoms with Crippen molar-refractivity contribution in [2.45, 2.75) is 26.2 Å². The van der Waals surface area contributed by atoms with E-state index in [1.165, 1.54) is 4.68 Å². The molecule has 0 aromatic carbocycles. The summed E-state index contributed by atoms with van der Waals surface area (Å²) in [5.41, 5.74) is 2.09. The molecule has 0 aliphatic heterocycles. The van der Waals surface area contributed by atoms with Gasteiger partial charge in [0.25, 0.3) is 11.5 Å². The highest BCUT2D eigenvalue weighted by molar-refractivity contribution is 7.13. The SMILES string of the molecule is CCOCC(=O)Nc1cc(-c2cccs2)nn1-c1nc2c(c(=O)[nH]1)CCC2. The molecule has 0 atom stereocenters. The Hall–Kier alpha value is -2.78. The molecule has 0 saturated heterocycles. The topological polar surface area (TPSA) is 102 Å². The highest BCUT2D eigenvalue weighted by Crippen LogP contribution is 2.27. The maximum atomic E-state index is 12.4. The molecule has 1 aliphatic rings. The second-order valence-electron chi connectivity index (χ2n) is 6.16. The highest BCUT2D eigenvalue weighted by atomic mass is 32.1. The number of H-pyrrole nitrogens is 1. The van der Waals surface area contributed by atoms with Crippen molar-refractivity contribution in [3.8, 4) is 16.5 Å². The molecule has 3 aromatic rings. The lowest BCUT2D eigenvalue weighted by molar-refractivity contribution is -0.120. The number of nitrogens with one attached hydrogen (secondary N) is 2. The van der Waals surface area contributed by atoms with Crippen molar-refractivity contribution in [1.29, 1.82) is 0 Å². The zero-order chi connectivity index (χ0) is 18.8. The second-order valence-corrected chi connectivity index (χ2v) is 7.11. The molecule has 0 fully saturated rings. The predicted molar refractivity (Wildman–Crippen MR) is 102 cm³/mol. The smallest absolute Gasteiger partial charge is 0.255 e. The number of aromatic nitrogens is 4. The monoisotopic (exact) mass is 385 g/mol. The molecule has 1 amide bonds. The molecule has 0 radical (unpaired) electrons. The van der Waals surface area contributed by atoms with Gasteiger partial charge in [-0.25, -0.2) is 4.98 Å². The molecule has 0 bridgehead atoms. The fraction of sp³-hybridized carbons (Fsp3) is 0.333. The van der Waals surface area contributed by atoms with E-state index in [-0.39, 0.29) is 18.1 Å². The van der Waals surface area contributed by atoms with Gasteiger partial charge in [-0.1, -0.05) is 6.07 Å². The van der Waals surface area contributed by atoms with Crippen molar-refractivity contribution in [2.75, 3.05) is 18.5 Å². The van der Waals surface area contributed by atoms with E-state index in [9.17, 15) is 9.59 Å². The standard InChI is InChI=1S/C18H19N5O3S/c1-2-26-10-16(24)20-15-9-13(14-7-4-8-27-14)22-23(15)18-19-12-6-3-5-11(12)17(25)21-18/h4,7-9H,2-3,5-6,10H2,1H3,(H,20,24)(H,19,21,25). The Balaban J connectivity index is 1.75. The van der Waals surface area contributed by atoms with Crippen molar-refractivity contribution in [3.05, 3.63) is 45.2 Å². The third kappa shape index (κ3) is 3.56. The van der Waals surface area contributed by atoms with Crippen LogP contribution in [0.4, 0.5) is 5.82 Å². The Morgan fingerprint density at radius 3 is 3.11 bits per heavy atom. The molecule has 3 heterocycles. The van der Waals surface area contributed by atoms with Gasteiger partial charge < -0.3 is 10.1 Å². The van der Waals surface area contributed by atoms with Gasteiger partial charge in [-0.2, -0.15) is 9.78 Å². The predicted octanol–water partition coefficient (Wildman–Crippen LogP) is 2.15. The van der Waals surface area contributed by atoms with E-state index in [0.29, 0.717) is 24.1 Å². The third-order valence-electron chi connectivity index (χ3n) is 4.32. The number of anilines is 1. The largest absolute Gasteiger partial charge is 0.372 e. The van der Waals surface area contributed by atoms with Crippen molar-refractivity contribution >= 4 is 23.1 Å². The summed E-state index contributed by atoms with van der Waals surface area (Å²) in [6.45, 7) is 2.22. The molecule has 140 valence electrons. The van der Waals surface area contributed by atoms with Crippen molar-refractivity contribution in [1.82, 2.24) is 19.7 Å². The molecule has 8 nitrogen and oxygen atoms in total. The minimum absolute atomic E-state index is 0.0514. The molecule has 2 N–H and O–H groups in total. The molecule has 27 heavy (non-hydrogen) atoms. The Morgan fingerprint density at radius 2 is 2.33 bits per heavy atom. The number of nitrogens with zero attached hydrogens (tertiary/aromatic N) is 3. The number of carbonyl (C=O) groups excluding carboxylic acids is 1. The van der Waals surface area contributed by atoms with Crippen LogP contribution in [0.3, 0.4) is 0 Å². The minimum Gasteiger partial charge on any atom is -0.372 e. The van der Waals surface area contributed by atoms with Gasteiger partial charge in [0.2, 0.25) is 5.95 Å². The first kappa shape index (κ1) is 17.6. The van der Waals surface area contributed by atoms with Gasteiger partial charge in [0.15, 0.2) is 0 Å². The van der Waals surface area contributed by atoms with Gasteiger partial charge in [-0.3, -0.25) is 14.6 Å². The number of rotatable bonds is 6. The van der Waals surface area contributed by atoms with Crippen LogP contribution in [0.15, 0.2) is 28.4 Å². The molecule has 4 rings (SSSR count). The lowest BCUT2D eigenvalue weighted by Gasteiger charge is -2.09. The number of aryl methyl sites for hydroxylation is 1. The Labute approximate surface area is 159 Å². The average Bonchev–Trinajstić information content (AvgIpc) is 3.39. The van der Waals surface area contributed by atoms with Crippen LogP contribution in [-0.4, -0.2) is 38.9 Å². The molecular formula is C18H19N5O3S. The number of aromatic amines is 1. The van der Waals surface area contributed by atoms with Crippen molar-refractivity contribution in [3.63, 3.8) is 0 Å². The van der Waals surface area contributed by atoms with Gasteiger partial charge >= 0.3 is 0 Å². The number of fused-ring (bicyclic) bond motifs is 1.